The maximum Gasteiger partial charge on any atom is 0.323 e. The Hall–Kier alpha value is -3.62. The molecule has 10 heteroatoms. The van der Waals surface area contributed by atoms with Crippen LogP contribution in [0.15, 0.2) is 60.7 Å². The van der Waals surface area contributed by atoms with Gasteiger partial charge in [-0.1, -0.05) is 41.4 Å². The number of hydrogen-bond donors (Lipinski definition) is 3. The minimum Gasteiger partial charge on any atom is -0.495 e. The fraction of sp³-hybridized carbons (Fsp3) is 0.286. The van der Waals surface area contributed by atoms with E-state index >= 15 is 0 Å². The standard InChI is InChI=1S/C28H29Cl2N5O3/c1-38-25-8-3-2-7-24(25)35-15-13-34(14-16-35)23-12-11-19(17-20(23)27(36)31-18-9-10-18)32-28(37)33-22-6-4-5-21(29)26(22)30/h2-8,11-12,17-18H,9-10,13-16H2,1H3,(H,31,36)(H2,32,33,37). The smallest absolute Gasteiger partial charge is 0.323 e. The Morgan fingerprint density at radius 2 is 1.58 bits per heavy atom. The highest BCUT2D eigenvalue weighted by atomic mass is 35.5. The molecule has 3 amide bonds. The van der Waals surface area contributed by atoms with Gasteiger partial charge in [-0.2, -0.15) is 0 Å². The van der Waals surface area contributed by atoms with E-state index in [2.05, 4.69) is 31.8 Å². The number of rotatable bonds is 7. The number of anilines is 4. The molecule has 5 rings (SSSR count). The number of ether oxygens (including phenoxy) is 1. The molecule has 198 valence electrons. The summed E-state index contributed by atoms with van der Waals surface area (Å²) in [5, 5.41) is 9.19. The third-order valence-corrected chi connectivity index (χ3v) is 7.48. The number of piperazine rings is 1. The van der Waals surface area contributed by atoms with E-state index in [-0.39, 0.29) is 17.0 Å². The molecule has 1 saturated heterocycles. The van der Waals surface area contributed by atoms with Gasteiger partial charge in [0.1, 0.15) is 5.75 Å². The van der Waals surface area contributed by atoms with Crippen LogP contribution in [0.4, 0.5) is 27.5 Å². The van der Waals surface area contributed by atoms with Crippen molar-refractivity contribution < 1.29 is 14.3 Å². The summed E-state index contributed by atoms with van der Waals surface area (Å²) in [4.78, 5) is 30.4. The summed E-state index contributed by atoms with van der Waals surface area (Å²) in [5.41, 5.74) is 3.32. The summed E-state index contributed by atoms with van der Waals surface area (Å²) in [5.74, 6) is 0.704. The van der Waals surface area contributed by atoms with E-state index in [1.165, 1.54) is 0 Å². The molecule has 8 nitrogen and oxygen atoms in total. The summed E-state index contributed by atoms with van der Waals surface area (Å²) in [6.45, 7) is 3.05. The Kier molecular flexibility index (Phi) is 7.81. The SMILES string of the molecule is COc1ccccc1N1CCN(c2ccc(NC(=O)Nc3cccc(Cl)c3Cl)cc2C(=O)NC2CC2)CC1. The fourth-order valence-corrected chi connectivity index (χ4v) is 4.87. The molecule has 3 aromatic carbocycles. The van der Waals surface area contributed by atoms with E-state index in [1.54, 1.807) is 37.4 Å². The van der Waals surface area contributed by atoms with Gasteiger partial charge in [-0.15, -0.1) is 0 Å². The molecule has 0 atom stereocenters. The summed E-state index contributed by atoms with van der Waals surface area (Å²) in [6.07, 6.45) is 1.97. The van der Waals surface area contributed by atoms with E-state index < -0.39 is 6.03 Å². The molecule has 1 aliphatic carbocycles. The first kappa shape index (κ1) is 26.0. The number of carbonyl (C=O) groups excluding carboxylic acids is 2. The largest absolute Gasteiger partial charge is 0.495 e. The van der Waals surface area contributed by atoms with Crippen LogP contribution in [0.25, 0.3) is 0 Å². The number of benzene rings is 3. The van der Waals surface area contributed by atoms with Crippen molar-refractivity contribution in [2.75, 3.05) is 53.7 Å². The number of nitrogens with zero attached hydrogens (tertiary/aromatic N) is 2. The zero-order chi connectivity index (χ0) is 26.6. The van der Waals surface area contributed by atoms with Crippen molar-refractivity contribution in [1.82, 2.24) is 5.32 Å². The lowest BCUT2D eigenvalue weighted by molar-refractivity contribution is 0.0951. The van der Waals surface area contributed by atoms with Gasteiger partial charge in [0.2, 0.25) is 0 Å². The van der Waals surface area contributed by atoms with Gasteiger partial charge in [-0.3, -0.25) is 4.79 Å². The Balaban J connectivity index is 1.32. The lowest BCUT2D eigenvalue weighted by Gasteiger charge is -2.38. The highest BCUT2D eigenvalue weighted by Crippen LogP contribution is 2.32. The molecule has 3 N–H and O–H groups in total. The molecule has 3 aromatic rings. The predicted octanol–water partition coefficient (Wildman–Crippen LogP) is 5.86. The van der Waals surface area contributed by atoms with Crippen molar-refractivity contribution in [3.05, 3.63) is 76.3 Å². The zero-order valence-corrected chi connectivity index (χ0v) is 22.5. The number of para-hydroxylation sites is 2. The number of methoxy groups -OCH3 is 1. The number of carbonyl (C=O) groups is 2. The van der Waals surface area contributed by atoms with Crippen LogP contribution in [0.1, 0.15) is 23.2 Å². The molecular weight excluding hydrogens is 525 g/mol. The molecule has 2 fully saturated rings. The Morgan fingerprint density at radius 3 is 2.29 bits per heavy atom. The Morgan fingerprint density at radius 1 is 0.868 bits per heavy atom. The van der Waals surface area contributed by atoms with E-state index in [0.717, 1.165) is 56.1 Å². The Labute approximate surface area is 231 Å². The molecule has 1 aliphatic heterocycles. The van der Waals surface area contributed by atoms with E-state index in [4.69, 9.17) is 27.9 Å². The van der Waals surface area contributed by atoms with E-state index in [0.29, 0.717) is 22.0 Å². The van der Waals surface area contributed by atoms with Crippen LogP contribution in [0.2, 0.25) is 10.0 Å². The second-order valence-electron chi connectivity index (χ2n) is 9.31. The van der Waals surface area contributed by atoms with Crippen LogP contribution in [0.3, 0.4) is 0 Å². The molecule has 0 aromatic heterocycles. The van der Waals surface area contributed by atoms with Gasteiger partial charge in [0.15, 0.2) is 0 Å². The number of nitrogens with one attached hydrogen (secondary N) is 3. The molecular formula is C28H29Cl2N5O3. The van der Waals surface area contributed by atoms with Crippen molar-refractivity contribution >= 4 is 57.9 Å². The van der Waals surface area contributed by atoms with E-state index in [9.17, 15) is 9.59 Å². The summed E-state index contributed by atoms with van der Waals surface area (Å²) in [6, 6.07) is 18.1. The fourth-order valence-electron chi connectivity index (χ4n) is 4.53. The van der Waals surface area contributed by atoms with Crippen LogP contribution in [-0.4, -0.2) is 51.3 Å². The second-order valence-corrected chi connectivity index (χ2v) is 10.1. The normalized spacial score (nSPS) is 15.1. The highest BCUT2D eigenvalue weighted by molar-refractivity contribution is 6.44. The van der Waals surface area contributed by atoms with Crippen molar-refractivity contribution in [3.63, 3.8) is 0 Å². The van der Waals surface area contributed by atoms with Crippen LogP contribution in [0, 0.1) is 0 Å². The van der Waals surface area contributed by atoms with Crippen molar-refractivity contribution in [3.8, 4) is 5.75 Å². The minimum absolute atomic E-state index is 0.142. The first-order valence-electron chi connectivity index (χ1n) is 12.5. The minimum atomic E-state index is -0.485. The molecule has 2 aliphatic rings. The number of amides is 3. The summed E-state index contributed by atoms with van der Waals surface area (Å²) in [7, 11) is 1.68. The number of urea groups is 1. The quantitative estimate of drug-likeness (QED) is 0.341. The van der Waals surface area contributed by atoms with Crippen molar-refractivity contribution in [2.45, 2.75) is 18.9 Å². The maximum absolute atomic E-state index is 13.2. The van der Waals surface area contributed by atoms with Gasteiger partial charge < -0.3 is 30.5 Å². The predicted molar refractivity (Wildman–Crippen MR) is 153 cm³/mol. The van der Waals surface area contributed by atoms with Gasteiger partial charge in [-0.05, 0) is 55.3 Å². The first-order chi connectivity index (χ1) is 18.4. The maximum atomic E-state index is 13.2. The summed E-state index contributed by atoms with van der Waals surface area (Å²) < 4.78 is 5.54. The van der Waals surface area contributed by atoms with Gasteiger partial charge >= 0.3 is 6.03 Å². The first-order valence-corrected chi connectivity index (χ1v) is 13.3. The summed E-state index contributed by atoms with van der Waals surface area (Å²) >= 11 is 12.2. The number of hydrogen-bond acceptors (Lipinski definition) is 5. The van der Waals surface area contributed by atoms with Gasteiger partial charge in [0, 0.05) is 43.6 Å². The van der Waals surface area contributed by atoms with Crippen LogP contribution >= 0.6 is 23.2 Å². The van der Waals surface area contributed by atoms with Crippen LogP contribution < -0.4 is 30.5 Å². The van der Waals surface area contributed by atoms with Crippen LogP contribution in [-0.2, 0) is 0 Å². The van der Waals surface area contributed by atoms with E-state index in [1.807, 2.05) is 24.3 Å². The number of halogens is 2. The van der Waals surface area contributed by atoms with Crippen LogP contribution in [0.5, 0.6) is 5.75 Å². The topological polar surface area (TPSA) is 85.9 Å². The highest BCUT2D eigenvalue weighted by Gasteiger charge is 2.28. The third-order valence-electron chi connectivity index (χ3n) is 6.66. The molecule has 0 spiro atoms. The van der Waals surface area contributed by atoms with Gasteiger partial charge in [0.05, 0.1) is 34.1 Å². The molecule has 1 heterocycles. The zero-order valence-electron chi connectivity index (χ0n) is 21.0. The molecule has 0 unspecified atom stereocenters. The van der Waals surface area contributed by atoms with Gasteiger partial charge in [0.25, 0.3) is 5.91 Å². The molecule has 0 radical (unpaired) electrons. The van der Waals surface area contributed by atoms with Gasteiger partial charge in [-0.25, -0.2) is 4.79 Å². The Bertz CT molecular complexity index is 1340. The monoisotopic (exact) mass is 553 g/mol. The van der Waals surface area contributed by atoms with Crippen molar-refractivity contribution in [1.29, 1.82) is 0 Å². The molecule has 38 heavy (non-hydrogen) atoms. The lowest BCUT2D eigenvalue weighted by atomic mass is 10.1. The average molecular weight is 554 g/mol. The molecule has 0 bridgehead atoms. The lowest BCUT2D eigenvalue weighted by Crippen LogP contribution is -2.47. The molecule has 1 saturated carbocycles. The van der Waals surface area contributed by atoms with Crippen molar-refractivity contribution in [2.24, 2.45) is 0 Å². The second kappa shape index (κ2) is 11.4. The average Bonchev–Trinajstić information content (AvgIpc) is 3.75. The third kappa shape index (κ3) is 5.92.